The van der Waals surface area contributed by atoms with Gasteiger partial charge in [0.1, 0.15) is 0 Å². The van der Waals surface area contributed by atoms with Gasteiger partial charge in [0, 0.05) is 16.5 Å². The summed E-state index contributed by atoms with van der Waals surface area (Å²) < 4.78 is 5.85. The molecule has 0 radical (unpaired) electrons. The van der Waals surface area contributed by atoms with Crippen LogP contribution in [-0.2, 0) is 26.5 Å². The standard InChI is InChI=1S/C24H18ClNO3/c25-18-12-10-17(11-13-18)20-14-22(27)29-24(20)19-8-4-5-9-21(19)26(23(24)28)15-16-6-2-1-3-7-16/h1-13,20H,14-15H2/t20-,24-/m0/s1. The van der Waals surface area contributed by atoms with E-state index in [9.17, 15) is 9.59 Å². The molecule has 29 heavy (non-hydrogen) atoms. The van der Waals surface area contributed by atoms with Crippen molar-refractivity contribution < 1.29 is 14.3 Å². The second-order valence-electron chi connectivity index (χ2n) is 7.41. The molecule has 0 bridgehead atoms. The minimum atomic E-state index is -1.34. The molecule has 0 aliphatic carbocycles. The van der Waals surface area contributed by atoms with E-state index in [1.165, 1.54) is 0 Å². The maximum Gasteiger partial charge on any atom is 0.308 e. The summed E-state index contributed by atoms with van der Waals surface area (Å²) in [5.74, 6) is -0.968. The van der Waals surface area contributed by atoms with Crippen LogP contribution in [0.25, 0.3) is 0 Å². The molecule has 5 heteroatoms. The van der Waals surface area contributed by atoms with Crippen LogP contribution in [0.15, 0.2) is 78.9 Å². The third-order valence-corrected chi connectivity index (χ3v) is 6.00. The van der Waals surface area contributed by atoms with Gasteiger partial charge in [-0.05, 0) is 29.3 Å². The van der Waals surface area contributed by atoms with Gasteiger partial charge in [0.2, 0.25) is 5.60 Å². The minimum absolute atomic E-state index is 0.154. The van der Waals surface area contributed by atoms with Crippen LogP contribution in [0.5, 0.6) is 0 Å². The third-order valence-electron chi connectivity index (χ3n) is 5.75. The number of esters is 1. The van der Waals surface area contributed by atoms with Crippen molar-refractivity contribution in [2.45, 2.75) is 24.5 Å². The van der Waals surface area contributed by atoms with Crippen LogP contribution >= 0.6 is 11.6 Å². The van der Waals surface area contributed by atoms with Gasteiger partial charge in [-0.2, -0.15) is 0 Å². The number of carbonyl (C=O) groups excluding carboxylic acids is 2. The summed E-state index contributed by atoms with van der Waals surface area (Å²) in [6, 6.07) is 24.7. The van der Waals surface area contributed by atoms with Crippen molar-refractivity contribution in [3.05, 3.63) is 101 Å². The highest BCUT2D eigenvalue weighted by molar-refractivity contribution is 6.30. The fraction of sp³-hybridized carbons (Fsp3) is 0.167. The first kappa shape index (κ1) is 18.0. The number of ether oxygens (including phenoxy) is 1. The van der Waals surface area contributed by atoms with Gasteiger partial charge in [-0.15, -0.1) is 0 Å². The molecule has 1 spiro atoms. The van der Waals surface area contributed by atoms with Crippen LogP contribution in [0.3, 0.4) is 0 Å². The molecular weight excluding hydrogens is 386 g/mol. The summed E-state index contributed by atoms with van der Waals surface area (Å²) in [5.41, 5.74) is 2.07. The number of anilines is 1. The summed E-state index contributed by atoms with van der Waals surface area (Å²) in [7, 11) is 0. The van der Waals surface area contributed by atoms with E-state index < -0.39 is 11.5 Å². The lowest BCUT2D eigenvalue weighted by atomic mass is 9.78. The Morgan fingerprint density at radius 1 is 0.931 bits per heavy atom. The summed E-state index contributed by atoms with van der Waals surface area (Å²) in [6.07, 6.45) is 0.154. The lowest BCUT2D eigenvalue weighted by Crippen LogP contribution is -2.43. The van der Waals surface area contributed by atoms with Gasteiger partial charge in [-0.1, -0.05) is 72.3 Å². The number of para-hydroxylation sites is 1. The molecule has 3 aromatic carbocycles. The van der Waals surface area contributed by atoms with Crippen molar-refractivity contribution in [1.29, 1.82) is 0 Å². The second-order valence-corrected chi connectivity index (χ2v) is 7.85. The highest BCUT2D eigenvalue weighted by Gasteiger charge is 2.63. The fourth-order valence-electron chi connectivity index (χ4n) is 4.46. The van der Waals surface area contributed by atoms with Crippen LogP contribution in [0.4, 0.5) is 5.69 Å². The Hall–Kier alpha value is -3.11. The molecule has 0 N–H and O–H groups in total. The molecule has 2 heterocycles. The first-order chi connectivity index (χ1) is 14.1. The predicted octanol–water partition coefficient (Wildman–Crippen LogP) is 4.81. The Labute approximate surface area is 173 Å². The first-order valence-corrected chi connectivity index (χ1v) is 9.90. The zero-order valence-corrected chi connectivity index (χ0v) is 16.3. The van der Waals surface area contributed by atoms with E-state index >= 15 is 0 Å². The normalized spacial score (nSPS) is 22.8. The average molecular weight is 404 g/mol. The molecule has 144 valence electrons. The summed E-state index contributed by atoms with van der Waals surface area (Å²) in [4.78, 5) is 28.0. The third kappa shape index (κ3) is 2.75. The topological polar surface area (TPSA) is 46.6 Å². The number of rotatable bonds is 3. The van der Waals surface area contributed by atoms with Crippen LogP contribution in [0.1, 0.15) is 29.0 Å². The molecule has 1 amide bonds. The Morgan fingerprint density at radius 2 is 1.62 bits per heavy atom. The highest BCUT2D eigenvalue weighted by atomic mass is 35.5. The molecule has 0 saturated carbocycles. The van der Waals surface area contributed by atoms with Gasteiger partial charge in [0.25, 0.3) is 5.91 Å². The van der Waals surface area contributed by atoms with Crippen LogP contribution in [0.2, 0.25) is 5.02 Å². The molecule has 4 nitrogen and oxygen atoms in total. The van der Waals surface area contributed by atoms with Crippen molar-refractivity contribution in [1.82, 2.24) is 0 Å². The SMILES string of the molecule is O=C1C[C@@H](c2ccc(Cl)cc2)[C@]2(O1)C(=O)N(Cc1ccccc1)c1ccccc12. The molecule has 1 fully saturated rings. The molecule has 2 aliphatic rings. The largest absolute Gasteiger partial charge is 0.443 e. The first-order valence-electron chi connectivity index (χ1n) is 9.52. The molecular formula is C24H18ClNO3. The zero-order chi connectivity index (χ0) is 20.0. The van der Waals surface area contributed by atoms with E-state index in [1.807, 2.05) is 66.7 Å². The zero-order valence-electron chi connectivity index (χ0n) is 15.5. The van der Waals surface area contributed by atoms with Gasteiger partial charge >= 0.3 is 5.97 Å². The lowest BCUT2D eigenvalue weighted by Gasteiger charge is -2.29. The maximum atomic E-state index is 13.8. The molecule has 5 rings (SSSR count). The van der Waals surface area contributed by atoms with Gasteiger partial charge in [0.05, 0.1) is 18.7 Å². The highest BCUT2D eigenvalue weighted by Crippen LogP contribution is 2.55. The van der Waals surface area contributed by atoms with E-state index in [0.29, 0.717) is 11.6 Å². The van der Waals surface area contributed by atoms with Crippen LogP contribution in [-0.4, -0.2) is 11.9 Å². The van der Waals surface area contributed by atoms with Crippen molar-refractivity contribution in [2.75, 3.05) is 4.90 Å². The molecule has 1 saturated heterocycles. The Balaban J connectivity index is 1.64. The number of hydrogen-bond acceptors (Lipinski definition) is 3. The second kappa shape index (κ2) is 6.75. The van der Waals surface area contributed by atoms with Crippen molar-refractivity contribution >= 4 is 29.2 Å². The molecule has 3 aromatic rings. The number of carbonyl (C=O) groups is 2. The van der Waals surface area contributed by atoms with E-state index in [0.717, 1.165) is 22.4 Å². The van der Waals surface area contributed by atoms with Crippen LogP contribution in [0, 0.1) is 0 Å². The molecule has 0 unspecified atom stereocenters. The van der Waals surface area contributed by atoms with E-state index in [1.54, 1.807) is 17.0 Å². The molecule has 2 aliphatic heterocycles. The number of halogens is 1. The van der Waals surface area contributed by atoms with Crippen molar-refractivity contribution in [3.63, 3.8) is 0 Å². The number of amides is 1. The van der Waals surface area contributed by atoms with Gasteiger partial charge in [-0.25, -0.2) is 0 Å². The van der Waals surface area contributed by atoms with Gasteiger partial charge < -0.3 is 9.64 Å². The molecule has 2 atom stereocenters. The van der Waals surface area contributed by atoms with Gasteiger partial charge in [-0.3, -0.25) is 9.59 Å². The maximum absolute atomic E-state index is 13.8. The predicted molar refractivity (Wildman–Crippen MR) is 111 cm³/mol. The minimum Gasteiger partial charge on any atom is -0.443 e. The fourth-order valence-corrected chi connectivity index (χ4v) is 4.58. The van der Waals surface area contributed by atoms with Crippen molar-refractivity contribution in [2.24, 2.45) is 0 Å². The van der Waals surface area contributed by atoms with Crippen LogP contribution < -0.4 is 4.90 Å². The van der Waals surface area contributed by atoms with Gasteiger partial charge in [0.15, 0.2) is 0 Å². The summed E-state index contributed by atoms with van der Waals surface area (Å²) >= 11 is 6.05. The van der Waals surface area contributed by atoms with E-state index in [4.69, 9.17) is 16.3 Å². The Morgan fingerprint density at radius 3 is 2.38 bits per heavy atom. The quantitative estimate of drug-likeness (QED) is 0.589. The molecule has 0 aromatic heterocycles. The monoisotopic (exact) mass is 403 g/mol. The van der Waals surface area contributed by atoms with Crippen molar-refractivity contribution in [3.8, 4) is 0 Å². The van der Waals surface area contributed by atoms with E-state index in [-0.39, 0.29) is 18.3 Å². The number of fused-ring (bicyclic) bond motifs is 2. The summed E-state index contributed by atoms with van der Waals surface area (Å²) in [5, 5.41) is 0.608. The average Bonchev–Trinajstić information content (AvgIpc) is 3.21. The Kier molecular flexibility index (Phi) is 4.18. The smallest absolute Gasteiger partial charge is 0.308 e. The Bertz CT molecular complexity index is 1100. The number of nitrogens with zero attached hydrogens (tertiary/aromatic N) is 1. The number of hydrogen-bond donors (Lipinski definition) is 0. The lowest BCUT2D eigenvalue weighted by molar-refractivity contribution is -0.158. The summed E-state index contributed by atoms with van der Waals surface area (Å²) in [6.45, 7) is 0.420. The number of benzene rings is 3. The van der Waals surface area contributed by atoms with E-state index in [2.05, 4.69) is 0 Å².